The smallest absolute Gasteiger partial charge is 0.250 e. The van der Waals surface area contributed by atoms with Gasteiger partial charge in [-0.1, -0.05) is 30.3 Å². The summed E-state index contributed by atoms with van der Waals surface area (Å²) in [6.07, 6.45) is 0. The Labute approximate surface area is 111 Å². The van der Waals surface area contributed by atoms with E-state index in [1.165, 1.54) is 11.3 Å². The van der Waals surface area contributed by atoms with Crippen molar-refractivity contribution < 1.29 is 8.42 Å². The summed E-state index contributed by atoms with van der Waals surface area (Å²) in [5, 5.41) is 1.74. The van der Waals surface area contributed by atoms with Gasteiger partial charge in [0.2, 0.25) is 10.0 Å². The van der Waals surface area contributed by atoms with Crippen molar-refractivity contribution >= 4 is 21.4 Å². The number of rotatable bonds is 5. The zero-order valence-corrected chi connectivity index (χ0v) is 11.3. The minimum Gasteiger partial charge on any atom is -0.326 e. The summed E-state index contributed by atoms with van der Waals surface area (Å²) < 4.78 is 26.8. The third-order valence-corrected chi connectivity index (χ3v) is 5.35. The minimum atomic E-state index is -3.41. The van der Waals surface area contributed by atoms with Crippen LogP contribution in [0, 0.1) is 0 Å². The van der Waals surface area contributed by atoms with Crippen LogP contribution in [0.5, 0.6) is 0 Å². The Morgan fingerprint density at radius 3 is 2.44 bits per heavy atom. The zero-order valence-electron chi connectivity index (χ0n) is 9.67. The van der Waals surface area contributed by atoms with E-state index in [-0.39, 0.29) is 6.54 Å². The quantitative estimate of drug-likeness (QED) is 0.876. The van der Waals surface area contributed by atoms with Gasteiger partial charge in [0, 0.05) is 13.1 Å². The van der Waals surface area contributed by atoms with E-state index in [2.05, 4.69) is 4.72 Å². The van der Waals surface area contributed by atoms with E-state index in [4.69, 9.17) is 5.73 Å². The van der Waals surface area contributed by atoms with Crippen molar-refractivity contribution in [2.75, 3.05) is 0 Å². The maximum absolute atomic E-state index is 11.9. The molecule has 0 aliphatic carbocycles. The molecule has 1 aromatic carbocycles. The molecule has 1 heterocycles. The summed E-state index contributed by atoms with van der Waals surface area (Å²) in [7, 11) is -3.41. The molecular weight excluding hydrogens is 268 g/mol. The Hall–Kier alpha value is -1.21. The maximum Gasteiger partial charge on any atom is 0.250 e. The van der Waals surface area contributed by atoms with Crippen LogP contribution in [-0.2, 0) is 23.1 Å². The minimum absolute atomic E-state index is 0.258. The summed E-state index contributed by atoms with van der Waals surface area (Å²) in [6.45, 7) is 0.657. The number of sulfonamides is 1. The summed E-state index contributed by atoms with van der Waals surface area (Å²) in [5.74, 6) is 0. The van der Waals surface area contributed by atoms with Crippen LogP contribution in [-0.4, -0.2) is 8.42 Å². The van der Waals surface area contributed by atoms with Crippen molar-refractivity contribution in [1.29, 1.82) is 0 Å². The number of thiophene rings is 1. The van der Waals surface area contributed by atoms with Gasteiger partial charge in [-0.2, -0.15) is 0 Å². The Bertz CT molecular complexity index is 607. The molecule has 96 valence electrons. The molecule has 0 amide bonds. The molecule has 0 radical (unpaired) electrons. The largest absolute Gasteiger partial charge is 0.326 e. The normalized spacial score (nSPS) is 11.6. The number of nitrogens with one attached hydrogen (secondary N) is 1. The molecule has 6 heteroatoms. The number of hydrogen-bond donors (Lipinski definition) is 2. The van der Waals surface area contributed by atoms with Crippen LogP contribution in [0.1, 0.15) is 11.1 Å². The van der Waals surface area contributed by atoms with Crippen LogP contribution < -0.4 is 10.5 Å². The molecule has 3 N–H and O–H groups in total. The molecule has 1 aromatic heterocycles. The van der Waals surface area contributed by atoms with Gasteiger partial charge in [0.25, 0.3) is 0 Å². The van der Waals surface area contributed by atoms with E-state index in [1.807, 2.05) is 24.3 Å². The predicted molar refractivity (Wildman–Crippen MR) is 72.7 cm³/mol. The monoisotopic (exact) mass is 282 g/mol. The molecule has 0 saturated carbocycles. The molecule has 0 aliphatic heterocycles. The van der Waals surface area contributed by atoms with Crippen molar-refractivity contribution in [3.63, 3.8) is 0 Å². The summed E-state index contributed by atoms with van der Waals surface area (Å²) >= 11 is 1.20. The molecule has 0 aliphatic rings. The molecule has 0 fully saturated rings. The first-order valence-electron chi connectivity index (χ1n) is 5.43. The van der Waals surface area contributed by atoms with Gasteiger partial charge >= 0.3 is 0 Å². The van der Waals surface area contributed by atoms with Crippen molar-refractivity contribution in [2.24, 2.45) is 5.73 Å². The Kier molecular flexibility index (Phi) is 4.13. The summed E-state index contributed by atoms with van der Waals surface area (Å²) in [5.41, 5.74) is 7.46. The highest BCUT2D eigenvalue weighted by Crippen LogP contribution is 2.16. The first-order chi connectivity index (χ1) is 8.63. The second-order valence-electron chi connectivity index (χ2n) is 3.73. The first-order valence-corrected chi connectivity index (χ1v) is 7.80. The second kappa shape index (κ2) is 5.62. The fourth-order valence-electron chi connectivity index (χ4n) is 1.59. The lowest BCUT2D eigenvalue weighted by atomic mass is 10.1. The van der Waals surface area contributed by atoms with E-state index in [1.54, 1.807) is 17.5 Å². The molecule has 2 rings (SSSR count). The van der Waals surface area contributed by atoms with E-state index in [0.29, 0.717) is 10.8 Å². The molecule has 0 saturated heterocycles. The Balaban J connectivity index is 2.13. The van der Waals surface area contributed by atoms with Crippen LogP contribution in [0.3, 0.4) is 0 Å². The van der Waals surface area contributed by atoms with Gasteiger partial charge in [-0.05, 0) is 22.6 Å². The molecule has 4 nitrogen and oxygen atoms in total. The van der Waals surface area contributed by atoms with Crippen LogP contribution in [0.2, 0.25) is 0 Å². The third-order valence-electron chi connectivity index (χ3n) is 2.55. The van der Waals surface area contributed by atoms with Gasteiger partial charge in [-0.15, -0.1) is 11.3 Å². The van der Waals surface area contributed by atoms with Crippen molar-refractivity contribution in [2.45, 2.75) is 17.3 Å². The van der Waals surface area contributed by atoms with Crippen LogP contribution in [0.25, 0.3) is 0 Å². The van der Waals surface area contributed by atoms with Crippen LogP contribution >= 0.6 is 11.3 Å². The summed E-state index contributed by atoms with van der Waals surface area (Å²) in [4.78, 5) is 0. The van der Waals surface area contributed by atoms with Gasteiger partial charge in [0.1, 0.15) is 4.21 Å². The average molecular weight is 282 g/mol. The molecular formula is C12H14N2O2S2. The predicted octanol–water partition coefficient (Wildman–Crippen LogP) is 1.69. The van der Waals surface area contributed by atoms with E-state index in [0.717, 1.165) is 11.1 Å². The Morgan fingerprint density at radius 2 is 1.83 bits per heavy atom. The zero-order chi connectivity index (χ0) is 13.0. The SMILES string of the molecule is NCc1ccccc1CNS(=O)(=O)c1cccs1. The topological polar surface area (TPSA) is 72.2 Å². The lowest BCUT2D eigenvalue weighted by molar-refractivity contribution is 0.583. The highest BCUT2D eigenvalue weighted by molar-refractivity contribution is 7.91. The van der Waals surface area contributed by atoms with Gasteiger partial charge in [0.05, 0.1) is 0 Å². The van der Waals surface area contributed by atoms with Crippen LogP contribution in [0.15, 0.2) is 46.0 Å². The average Bonchev–Trinajstić information content (AvgIpc) is 2.91. The first kappa shape index (κ1) is 13.2. The van der Waals surface area contributed by atoms with Gasteiger partial charge < -0.3 is 5.73 Å². The number of nitrogens with two attached hydrogens (primary N) is 1. The Morgan fingerprint density at radius 1 is 1.11 bits per heavy atom. The molecule has 0 bridgehead atoms. The standard InChI is InChI=1S/C12H14N2O2S2/c13-8-10-4-1-2-5-11(10)9-14-18(15,16)12-6-3-7-17-12/h1-7,14H,8-9,13H2. The van der Waals surface area contributed by atoms with Crippen molar-refractivity contribution in [3.05, 3.63) is 52.9 Å². The van der Waals surface area contributed by atoms with Gasteiger partial charge in [0.15, 0.2) is 0 Å². The van der Waals surface area contributed by atoms with E-state index >= 15 is 0 Å². The summed E-state index contributed by atoms with van der Waals surface area (Å²) in [6, 6.07) is 10.8. The van der Waals surface area contributed by atoms with Crippen molar-refractivity contribution in [3.8, 4) is 0 Å². The highest BCUT2D eigenvalue weighted by atomic mass is 32.2. The van der Waals surface area contributed by atoms with E-state index in [9.17, 15) is 8.42 Å². The maximum atomic E-state index is 11.9. The lowest BCUT2D eigenvalue weighted by Crippen LogP contribution is -2.23. The van der Waals surface area contributed by atoms with E-state index < -0.39 is 10.0 Å². The van der Waals surface area contributed by atoms with Crippen molar-refractivity contribution in [1.82, 2.24) is 4.72 Å². The fraction of sp³-hybridized carbons (Fsp3) is 0.167. The molecule has 0 unspecified atom stereocenters. The van der Waals surface area contributed by atoms with Gasteiger partial charge in [-0.25, -0.2) is 13.1 Å². The van der Waals surface area contributed by atoms with Gasteiger partial charge in [-0.3, -0.25) is 0 Å². The number of benzene rings is 1. The lowest BCUT2D eigenvalue weighted by Gasteiger charge is -2.08. The fourth-order valence-corrected chi connectivity index (χ4v) is 3.63. The van der Waals surface area contributed by atoms with Crippen LogP contribution in [0.4, 0.5) is 0 Å². The molecule has 0 atom stereocenters. The third kappa shape index (κ3) is 2.97. The number of hydrogen-bond acceptors (Lipinski definition) is 4. The molecule has 2 aromatic rings. The molecule has 18 heavy (non-hydrogen) atoms. The highest BCUT2D eigenvalue weighted by Gasteiger charge is 2.14. The second-order valence-corrected chi connectivity index (χ2v) is 6.67. The molecule has 0 spiro atoms.